The zero-order valence-electron chi connectivity index (χ0n) is 9.89. The lowest BCUT2D eigenvalue weighted by molar-refractivity contribution is 0.240. The lowest BCUT2D eigenvalue weighted by atomic mass is 10.2. The molecule has 0 heterocycles. The molecular weight excluding hydrogens is 172 g/mol. The summed E-state index contributed by atoms with van der Waals surface area (Å²) in [6, 6.07) is 0.902. The monoisotopic (exact) mass is 198 g/mol. The Bertz CT molecular complexity index is 130. The van der Waals surface area contributed by atoms with E-state index in [2.05, 4.69) is 17.3 Å². The standard InChI is InChI=1S/C12H26N2/c1-13-10-6-3-7-11-14(2)12-8-4-5-9-12/h12-13H,3-11H2,1-2H3. The largest absolute Gasteiger partial charge is 0.320 e. The number of rotatable bonds is 7. The zero-order chi connectivity index (χ0) is 10.2. The summed E-state index contributed by atoms with van der Waals surface area (Å²) in [5.74, 6) is 0. The van der Waals surface area contributed by atoms with E-state index in [-0.39, 0.29) is 0 Å². The summed E-state index contributed by atoms with van der Waals surface area (Å²) in [6.45, 7) is 2.47. The summed E-state index contributed by atoms with van der Waals surface area (Å²) in [4.78, 5) is 2.58. The number of nitrogens with zero attached hydrogens (tertiary/aromatic N) is 1. The summed E-state index contributed by atoms with van der Waals surface area (Å²) in [7, 11) is 4.33. The molecule has 1 saturated carbocycles. The van der Waals surface area contributed by atoms with Gasteiger partial charge in [-0.05, 0) is 52.9 Å². The molecule has 0 atom stereocenters. The Hall–Kier alpha value is -0.0800. The fourth-order valence-corrected chi connectivity index (χ4v) is 2.37. The van der Waals surface area contributed by atoms with E-state index in [9.17, 15) is 0 Å². The van der Waals surface area contributed by atoms with Gasteiger partial charge in [0.05, 0.1) is 0 Å². The van der Waals surface area contributed by atoms with E-state index < -0.39 is 0 Å². The van der Waals surface area contributed by atoms with Crippen molar-refractivity contribution >= 4 is 0 Å². The molecule has 0 spiro atoms. The van der Waals surface area contributed by atoms with Gasteiger partial charge in [0, 0.05) is 6.04 Å². The number of hydrogen-bond donors (Lipinski definition) is 1. The van der Waals surface area contributed by atoms with Crippen LogP contribution in [0.5, 0.6) is 0 Å². The minimum absolute atomic E-state index is 0.902. The number of hydrogen-bond acceptors (Lipinski definition) is 2. The number of nitrogens with one attached hydrogen (secondary N) is 1. The van der Waals surface area contributed by atoms with Crippen LogP contribution in [0, 0.1) is 0 Å². The van der Waals surface area contributed by atoms with Crippen molar-refractivity contribution in [3.8, 4) is 0 Å². The van der Waals surface area contributed by atoms with Crippen LogP contribution in [0.25, 0.3) is 0 Å². The van der Waals surface area contributed by atoms with Gasteiger partial charge >= 0.3 is 0 Å². The van der Waals surface area contributed by atoms with Crippen LogP contribution < -0.4 is 5.32 Å². The lowest BCUT2D eigenvalue weighted by Crippen LogP contribution is -2.30. The normalized spacial score (nSPS) is 18.2. The van der Waals surface area contributed by atoms with Gasteiger partial charge in [0.25, 0.3) is 0 Å². The van der Waals surface area contributed by atoms with E-state index in [1.165, 1.54) is 58.0 Å². The first-order valence-corrected chi connectivity index (χ1v) is 6.19. The van der Waals surface area contributed by atoms with E-state index in [0.717, 1.165) is 6.04 Å². The van der Waals surface area contributed by atoms with Crippen molar-refractivity contribution < 1.29 is 0 Å². The van der Waals surface area contributed by atoms with Crippen LogP contribution in [-0.4, -0.2) is 38.1 Å². The summed E-state index contributed by atoms with van der Waals surface area (Å²) in [6.07, 6.45) is 9.85. The van der Waals surface area contributed by atoms with Gasteiger partial charge in [-0.3, -0.25) is 0 Å². The van der Waals surface area contributed by atoms with Gasteiger partial charge in [-0.15, -0.1) is 0 Å². The second kappa shape index (κ2) is 7.24. The highest BCUT2D eigenvalue weighted by atomic mass is 15.1. The molecule has 1 aliphatic carbocycles. The third kappa shape index (κ3) is 4.43. The molecular formula is C12H26N2. The Morgan fingerprint density at radius 1 is 1.14 bits per heavy atom. The van der Waals surface area contributed by atoms with Crippen molar-refractivity contribution in [3.05, 3.63) is 0 Å². The van der Waals surface area contributed by atoms with E-state index in [1.807, 2.05) is 7.05 Å². The SMILES string of the molecule is CNCCCCCN(C)C1CCCC1. The van der Waals surface area contributed by atoms with Gasteiger partial charge in [0.15, 0.2) is 0 Å². The molecule has 0 aromatic rings. The van der Waals surface area contributed by atoms with Crippen molar-refractivity contribution in [2.75, 3.05) is 27.2 Å². The van der Waals surface area contributed by atoms with Crippen molar-refractivity contribution in [2.45, 2.75) is 51.0 Å². The van der Waals surface area contributed by atoms with Crippen molar-refractivity contribution in [3.63, 3.8) is 0 Å². The smallest absolute Gasteiger partial charge is 0.00922 e. The Kier molecular flexibility index (Phi) is 6.20. The zero-order valence-corrected chi connectivity index (χ0v) is 9.89. The predicted octanol–water partition coefficient (Wildman–Crippen LogP) is 2.25. The van der Waals surface area contributed by atoms with E-state index in [1.54, 1.807) is 0 Å². The maximum atomic E-state index is 3.20. The van der Waals surface area contributed by atoms with Gasteiger partial charge < -0.3 is 10.2 Å². The van der Waals surface area contributed by atoms with Crippen LogP contribution in [0.15, 0.2) is 0 Å². The van der Waals surface area contributed by atoms with Crippen LogP contribution in [0.1, 0.15) is 44.9 Å². The molecule has 0 unspecified atom stereocenters. The van der Waals surface area contributed by atoms with E-state index >= 15 is 0 Å². The van der Waals surface area contributed by atoms with Gasteiger partial charge in [-0.1, -0.05) is 19.3 Å². The topological polar surface area (TPSA) is 15.3 Å². The molecule has 0 aromatic carbocycles. The van der Waals surface area contributed by atoms with Crippen molar-refractivity contribution in [1.82, 2.24) is 10.2 Å². The van der Waals surface area contributed by atoms with Crippen LogP contribution in [-0.2, 0) is 0 Å². The first-order chi connectivity index (χ1) is 6.84. The van der Waals surface area contributed by atoms with E-state index in [4.69, 9.17) is 0 Å². The molecule has 1 N–H and O–H groups in total. The molecule has 1 aliphatic rings. The molecule has 0 aromatic heterocycles. The average molecular weight is 198 g/mol. The van der Waals surface area contributed by atoms with Crippen molar-refractivity contribution in [2.24, 2.45) is 0 Å². The highest BCUT2D eigenvalue weighted by Gasteiger charge is 2.18. The lowest BCUT2D eigenvalue weighted by Gasteiger charge is -2.23. The Labute approximate surface area is 89.1 Å². The minimum Gasteiger partial charge on any atom is -0.320 e. The summed E-state index contributed by atoms with van der Waals surface area (Å²) in [5, 5.41) is 3.20. The van der Waals surface area contributed by atoms with Gasteiger partial charge in [0.2, 0.25) is 0 Å². The molecule has 14 heavy (non-hydrogen) atoms. The Morgan fingerprint density at radius 3 is 2.50 bits per heavy atom. The highest BCUT2D eigenvalue weighted by Crippen LogP contribution is 2.22. The van der Waals surface area contributed by atoms with Crippen LogP contribution in [0.3, 0.4) is 0 Å². The van der Waals surface area contributed by atoms with Crippen LogP contribution in [0.4, 0.5) is 0 Å². The van der Waals surface area contributed by atoms with Gasteiger partial charge in [0.1, 0.15) is 0 Å². The van der Waals surface area contributed by atoms with Crippen LogP contribution >= 0.6 is 0 Å². The van der Waals surface area contributed by atoms with Crippen molar-refractivity contribution in [1.29, 1.82) is 0 Å². The second-order valence-electron chi connectivity index (χ2n) is 4.58. The molecule has 2 nitrogen and oxygen atoms in total. The third-order valence-corrected chi connectivity index (χ3v) is 3.39. The van der Waals surface area contributed by atoms with E-state index in [0.29, 0.717) is 0 Å². The van der Waals surface area contributed by atoms with Crippen LogP contribution in [0.2, 0.25) is 0 Å². The molecule has 0 amide bonds. The minimum atomic E-state index is 0.902. The molecule has 1 fully saturated rings. The summed E-state index contributed by atoms with van der Waals surface area (Å²) < 4.78 is 0. The molecule has 84 valence electrons. The number of unbranched alkanes of at least 4 members (excludes halogenated alkanes) is 2. The average Bonchev–Trinajstić information content (AvgIpc) is 2.70. The second-order valence-corrected chi connectivity index (χ2v) is 4.58. The molecule has 2 heteroatoms. The highest BCUT2D eigenvalue weighted by molar-refractivity contribution is 4.74. The molecule has 0 aliphatic heterocycles. The third-order valence-electron chi connectivity index (χ3n) is 3.39. The summed E-state index contributed by atoms with van der Waals surface area (Å²) >= 11 is 0. The Morgan fingerprint density at radius 2 is 1.86 bits per heavy atom. The maximum absolute atomic E-state index is 3.20. The maximum Gasteiger partial charge on any atom is 0.00922 e. The first-order valence-electron chi connectivity index (χ1n) is 6.19. The van der Waals surface area contributed by atoms with Gasteiger partial charge in [-0.2, -0.15) is 0 Å². The molecule has 0 saturated heterocycles. The Balaban J connectivity index is 1.94. The quantitative estimate of drug-likeness (QED) is 0.631. The predicted molar refractivity (Wildman–Crippen MR) is 62.7 cm³/mol. The fraction of sp³-hybridized carbons (Fsp3) is 1.00. The summed E-state index contributed by atoms with van der Waals surface area (Å²) in [5.41, 5.74) is 0. The first kappa shape index (κ1) is 12.0. The molecule has 1 rings (SSSR count). The fourth-order valence-electron chi connectivity index (χ4n) is 2.37. The molecule has 0 radical (unpaired) electrons. The molecule has 0 bridgehead atoms. The van der Waals surface area contributed by atoms with Gasteiger partial charge in [-0.25, -0.2) is 0 Å².